The van der Waals surface area contributed by atoms with Gasteiger partial charge < -0.3 is 9.47 Å². The van der Waals surface area contributed by atoms with Crippen LogP contribution in [-0.2, 0) is 15.1 Å². The number of para-hydroxylation sites is 1. The predicted octanol–water partition coefficient (Wildman–Crippen LogP) is 4.27. The highest BCUT2D eigenvalue weighted by Crippen LogP contribution is 2.54. The fraction of sp³-hybridized carbons (Fsp3) is 0.182. The summed E-state index contributed by atoms with van der Waals surface area (Å²) in [5.41, 5.74) is 3.24. The Balaban J connectivity index is 1.66. The fourth-order valence-corrected chi connectivity index (χ4v) is 4.08. The van der Waals surface area contributed by atoms with Gasteiger partial charge in [0.2, 0.25) is 0 Å². The number of rotatable bonds is 2. The molecule has 0 N–H and O–H groups in total. The lowest BCUT2D eigenvalue weighted by Crippen LogP contribution is -2.54. The summed E-state index contributed by atoms with van der Waals surface area (Å²) in [4.78, 5) is 16.7. The summed E-state index contributed by atoms with van der Waals surface area (Å²) in [6.45, 7) is 1.98. The number of hydrogen-bond donors (Lipinski definition) is 0. The van der Waals surface area contributed by atoms with E-state index < -0.39 is 11.5 Å². The monoisotopic (exact) mass is 343 g/mol. The lowest BCUT2D eigenvalue weighted by molar-refractivity contribution is -0.208. The van der Waals surface area contributed by atoms with E-state index in [-0.39, 0.29) is 12.1 Å². The number of carbonyl (C=O) groups is 1. The normalized spacial score (nSPS) is 26.0. The van der Waals surface area contributed by atoms with Crippen molar-refractivity contribution in [3.8, 4) is 16.9 Å². The van der Waals surface area contributed by atoms with E-state index in [0.29, 0.717) is 0 Å². The van der Waals surface area contributed by atoms with Gasteiger partial charge >= 0.3 is 5.97 Å². The van der Waals surface area contributed by atoms with Crippen LogP contribution in [0.2, 0.25) is 0 Å². The predicted molar refractivity (Wildman–Crippen MR) is 96.4 cm³/mol. The minimum Gasteiger partial charge on any atom is -0.481 e. The van der Waals surface area contributed by atoms with E-state index in [1.54, 1.807) is 12.4 Å². The molecule has 0 saturated carbocycles. The molecule has 0 spiro atoms. The van der Waals surface area contributed by atoms with Gasteiger partial charge in [-0.25, -0.2) is 0 Å². The molecule has 0 bridgehead atoms. The number of carbonyl (C=O) groups excluding carboxylic acids is 1. The molecule has 4 heteroatoms. The maximum atomic E-state index is 12.5. The number of cyclic esters (lactones) is 1. The minimum atomic E-state index is -0.805. The molecule has 1 fully saturated rings. The van der Waals surface area contributed by atoms with Crippen molar-refractivity contribution in [2.45, 2.75) is 18.6 Å². The van der Waals surface area contributed by atoms with Gasteiger partial charge in [0.05, 0.1) is 0 Å². The van der Waals surface area contributed by atoms with E-state index in [1.807, 2.05) is 61.5 Å². The van der Waals surface area contributed by atoms with Crippen LogP contribution in [0.1, 0.15) is 24.2 Å². The zero-order valence-electron chi connectivity index (χ0n) is 14.3. The fourth-order valence-electron chi connectivity index (χ4n) is 4.08. The Bertz CT molecular complexity index is 1000. The standard InChI is InChI=1S/C22H17NO3/c1-22(19-20(25-21(19)24)14-7-6-12-23-13-14)17-10-4-2-8-15(17)16-9-3-5-11-18(16)26-22/h2-13,19-20H,1H3. The summed E-state index contributed by atoms with van der Waals surface area (Å²) >= 11 is 0. The number of esters is 1. The highest BCUT2D eigenvalue weighted by molar-refractivity contribution is 5.84. The number of nitrogens with zero attached hydrogens (tertiary/aromatic N) is 1. The summed E-state index contributed by atoms with van der Waals surface area (Å²) in [5, 5.41) is 0. The first-order valence-corrected chi connectivity index (χ1v) is 8.67. The Morgan fingerprint density at radius 2 is 1.73 bits per heavy atom. The maximum absolute atomic E-state index is 12.5. The molecule has 2 aromatic carbocycles. The molecule has 5 rings (SSSR count). The smallest absolute Gasteiger partial charge is 0.318 e. The van der Waals surface area contributed by atoms with Crippen LogP contribution in [0.5, 0.6) is 5.75 Å². The topological polar surface area (TPSA) is 48.4 Å². The first kappa shape index (κ1) is 15.1. The molecule has 2 aliphatic rings. The summed E-state index contributed by atoms with van der Waals surface area (Å²) in [6, 6.07) is 19.8. The quantitative estimate of drug-likeness (QED) is 0.652. The van der Waals surface area contributed by atoms with Gasteiger partial charge in [-0.2, -0.15) is 0 Å². The second kappa shape index (κ2) is 5.43. The number of hydrogen-bond acceptors (Lipinski definition) is 4. The van der Waals surface area contributed by atoms with Gasteiger partial charge in [-0.3, -0.25) is 9.78 Å². The number of fused-ring (bicyclic) bond motifs is 3. The van der Waals surface area contributed by atoms with E-state index in [2.05, 4.69) is 11.1 Å². The second-order valence-corrected chi connectivity index (χ2v) is 6.87. The van der Waals surface area contributed by atoms with E-state index in [4.69, 9.17) is 9.47 Å². The van der Waals surface area contributed by atoms with E-state index in [1.165, 1.54) is 0 Å². The van der Waals surface area contributed by atoms with Gasteiger partial charge in [-0.1, -0.05) is 48.5 Å². The Kier molecular flexibility index (Phi) is 3.16. The molecule has 3 heterocycles. The third-order valence-corrected chi connectivity index (χ3v) is 5.37. The molecule has 26 heavy (non-hydrogen) atoms. The van der Waals surface area contributed by atoms with Crippen molar-refractivity contribution in [1.29, 1.82) is 0 Å². The van der Waals surface area contributed by atoms with Crippen molar-refractivity contribution < 1.29 is 14.3 Å². The van der Waals surface area contributed by atoms with Gasteiger partial charge in [0.15, 0.2) is 0 Å². The summed E-state index contributed by atoms with van der Waals surface area (Å²) in [5.74, 6) is 0.120. The first-order valence-electron chi connectivity index (χ1n) is 8.67. The third kappa shape index (κ3) is 2.02. The van der Waals surface area contributed by atoms with Gasteiger partial charge in [0, 0.05) is 29.1 Å². The van der Waals surface area contributed by atoms with Crippen LogP contribution in [-0.4, -0.2) is 11.0 Å². The molecular formula is C22H17NO3. The van der Waals surface area contributed by atoms with Gasteiger partial charge in [-0.15, -0.1) is 0 Å². The molecule has 128 valence electrons. The van der Waals surface area contributed by atoms with Crippen LogP contribution in [0, 0.1) is 5.92 Å². The highest BCUT2D eigenvalue weighted by Gasteiger charge is 2.58. The van der Waals surface area contributed by atoms with Crippen molar-refractivity contribution in [1.82, 2.24) is 4.98 Å². The van der Waals surface area contributed by atoms with Crippen LogP contribution >= 0.6 is 0 Å². The van der Waals surface area contributed by atoms with Crippen molar-refractivity contribution in [3.63, 3.8) is 0 Å². The number of aromatic nitrogens is 1. The van der Waals surface area contributed by atoms with Crippen LogP contribution in [0.15, 0.2) is 73.1 Å². The van der Waals surface area contributed by atoms with Crippen molar-refractivity contribution >= 4 is 5.97 Å². The SMILES string of the molecule is CC1(C2C(=O)OC2c2cccnc2)Oc2ccccc2-c2ccccc21. The summed E-state index contributed by atoms with van der Waals surface area (Å²) in [6.07, 6.45) is 3.10. The molecule has 1 saturated heterocycles. The van der Waals surface area contributed by atoms with Crippen LogP contribution < -0.4 is 4.74 Å². The van der Waals surface area contributed by atoms with E-state index in [9.17, 15) is 4.79 Å². The summed E-state index contributed by atoms with van der Waals surface area (Å²) < 4.78 is 12.0. The molecule has 3 unspecified atom stereocenters. The minimum absolute atomic E-state index is 0.240. The maximum Gasteiger partial charge on any atom is 0.318 e. The third-order valence-electron chi connectivity index (χ3n) is 5.37. The van der Waals surface area contributed by atoms with E-state index >= 15 is 0 Å². The number of pyridine rings is 1. The molecule has 0 amide bonds. The highest BCUT2D eigenvalue weighted by atomic mass is 16.6. The molecule has 3 aromatic rings. The van der Waals surface area contributed by atoms with Crippen LogP contribution in [0.4, 0.5) is 0 Å². The molecule has 0 radical (unpaired) electrons. The van der Waals surface area contributed by atoms with Gasteiger partial charge in [0.1, 0.15) is 23.4 Å². The van der Waals surface area contributed by atoms with Gasteiger partial charge in [-0.05, 0) is 24.6 Å². The zero-order chi connectivity index (χ0) is 17.7. The summed E-state index contributed by atoms with van der Waals surface area (Å²) in [7, 11) is 0. The van der Waals surface area contributed by atoms with Gasteiger partial charge in [0.25, 0.3) is 0 Å². The van der Waals surface area contributed by atoms with Crippen LogP contribution in [0.25, 0.3) is 11.1 Å². The molecular weight excluding hydrogens is 326 g/mol. The van der Waals surface area contributed by atoms with Crippen molar-refractivity contribution in [2.24, 2.45) is 5.92 Å². The zero-order valence-corrected chi connectivity index (χ0v) is 14.3. The molecule has 1 aromatic heterocycles. The van der Waals surface area contributed by atoms with Crippen molar-refractivity contribution in [3.05, 3.63) is 84.2 Å². The number of ether oxygens (including phenoxy) is 2. The van der Waals surface area contributed by atoms with Crippen molar-refractivity contribution in [2.75, 3.05) is 0 Å². The average Bonchev–Trinajstić information content (AvgIpc) is 2.67. The second-order valence-electron chi connectivity index (χ2n) is 6.87. The van der Waals surface area contributed by atoms with Crippen LogP contribution in [0.3, 0.4) is 0 Å². The average molecular weight is 343 g/mol. The largest absolute Gasteiger partial charge is 0.481 e. The molecule has 0 aliphatic carbocycles. The number of benzene rings is 2. The Hall–Kier alpha value is -3.14. The molecule has 3 atom stereocenters. The lowest BCUT2D eigenvalue weighted by atomic mass is 9.71. The lowest BCUT2D eigenvalue weighted by Gasteiger charge is -2.48. The Labute approximate surface area is 151 Å². The molecule has 2 aliphatic heterocycles. The molecule has 4 nitrogen and oxygen atoms in total. The van der Waals surface area contributed by atoms with E-state index in [0.717, 1.165) is 28.0 Å². The first-order chi connectivity index (χ1) is 12.7. The Morgan fingerprint density at radius 3 is 2.50 bits per heavy atom. The Morgan fingerprint density at radius 1 is 0.962 bits per heavy atom.